The van der Waals surface area contributed by atoms with E-state index in [1.807, 2.05) is 24.3 Å². The van der Waals surface area contributed by atoms with Crippen LogP contribution in [0.5, 0.6) is 5.75 Å². The Morgan fingerprint density at radius 3 is 2.45 bits per heavy atom. The number of aromatic nitrogens is 1. The van der Waals surface area contributed by atoms with Crippen LogP contribution >= 0.6 is 11.6 Å². The molecule has 10 heteroatoms. The number of hydrogen-bond acceptors (Lipinski definition) is 6. The molecule has 0 atom stereocenters. The lowest BCUT2D eigenvalue weighted by molar-refractivity contribution is -0.385. The average Bonchev–Trinajstić information content (AvgIpc) is 2.93. The molecule has 0 radical (unpaired) electrons. The first-order chi connectivity index (χ1) is 18.3. The molecule has 0 bridgehead atoms. The molecule has 1 aliphatic rings. The zero-order chi connectivity index (χ0) is 26.8. The molecular formula is C28H23ClN4O5. The number of phenolic OH excluding ortho intramolecular Hbond substituents is 1. The molecule has 0 aliphatic carbocycles. The minimum atomic E-state index is -0.709. The molecule has 2 N–H and O–H groups in total. The summed E-state index contributed by atoms with van der Waals surface area (Å²) in [5.74, 6) is -0.792. The predicted octanol–water partition coefficient (Wildman–Crippen LogP) is 5.77. The molecule has 0 spiro atoms. The van der Waals surface area contributed by atoms with Gasteiger partial charge in [0, 0.05) is 47.0 Å². The lowest BCUT2D eigenvalue weighted by atomic mass is 9.89. The molecule has 0 unspecified atom stereocenters. The van der Waals surface area contributed by atoms with Crippen molar-refractivity contribution in [1.29, 1.82) is 0 Å². The van der Waals surface area contributed by atoms with Gasteiger partial charge in [-0.1, -0.05) is 23.7 Å². The van der Waals surface area contributed by atoms with Crippen molar-refractivity contribution in [3.05, 3.63) is 105 Å². The molecular weight excluding hydrogens is 508 g/mol. The van der Waals surface area contributed by atoms with Gasteiger partial charge in [0.1, 0.15) is 0 Å². The third-order valence-corrected chi connectivity index (χ3v) is 6.98. The lowest BCUT2D eigenvalue weighted by Crippen LogP contribution is -2.37. The van der Waals surface area contributed by atoms with E-state index < -0.39 is 16.4 Å². The number of aromatic hydroxyl groups is 1. The quantitative estimate of drug-likeness (QED) is 0.249. The van der Waals surface area contributed by atoms with Crippen molar-refractivity contribution >= 4 is 45.7 Å². The summed E-state index contributed by atoms with van der Waals surface area (Å²) >= 11 is 6.05. The number of fused-ring (bicyclic) bond motifs is 1. The summed E-state index contributed by atoms with van der Waals surface area (Å²) in [4.78, 5) is 42.0. The van der Waals surface area contributed by atoms with E-state index >= 15 is 0 Å². The number of halogens is 1. The van der Waals surface area contributed by atoms with E-state index in [4.69, 9.17) is 11.6 Å². The van der Waals surface area contributed by atoms with Crippen molar-refractivity contribution in [2.75, 3.05) is 18.4 Å². The summed E-state index contributed by atoms with van der Waals surface area (Å²) in [6.45, 7) is 1.02. The number of piperidine rings is 1. The zero-order valence-electron chi connectivity index (χ0n) is 20.1. The van der Waals surface area contributed by atoms with Crippen molar-refractivity contribution in [3.8, 4) is 5.75 Å². The number of carbonyl (C=O) groups excluding carboxylic acids is 2. The molecule has 1 aliphatic heterocycles. The van der Waals surface area contributed by atoms with Crippen LogP contribution in [0.1, 0.15) is 45.0 Å². The molecule has 38 heavy (non-hydrogen) atoms. The number of likely N-dealkylation sites (tertiary alicyclic amines) is 1. The van der Waals surface area contributed by atoms with E-state index in [9.17, 15) is 24.8 Å². The van der Waals surface area contributed by atoms with Crippen molar-refractivity contribution < 1.29 is 19.6 Å². The van der Waals surface area contributed by atoms with Crippen LogP contribution in [0.25, 0.3) is 10.9 Å². The van der Waals surface area contributed by atoms with Gasteiger partial charge in [-0.2, -0.15) is 0 Å². The molecule has 2 heterocycles. The maximum atomic E-state index is 12.9. The number of benzene rings is 3. The minimum Gasteiger partial charge on any atom is -0.502 e. The van der Waals surface area contributed by atoms with Gasteiger partial charge in [-0.25, -0.2) is 0 Å². The number of nitro groups is 1. The number of hydrogen-bond donors (Lipinski definition) is 2. The number of phenols is 1. The van der Waals surface area contributed by atoms with Gasteiger partial charge in [-0.15, -0.1) is 0 Å². The van der Waals surface area contributed by atoms with Crippen LogP contribution in [0.2, 0.25) is 5.02 Å². The van der Waals surface area contributed by atoms with Crippen LogP contribution in [0.3, 0.4) is 0 Å². The van der Waals surface area contributed by atoms with Gasteiger partial charge in [0.05, 0.1) is 16.0 Å². The molecule has 3 aromatic carbocycles. The van der Waals surface area contributed by atoms with Gasteiger partial charge in [-0.3, -0.25) is 24.7 Å². The van der Waals surface area contributed by atoms with Gasteiger partial charge in [0.25, 0.3) is 11.8 Å². The second-order valence-electron chi connectivity index (χ2n) is 9.16. The topological polar surface area (TPSA) is 126 Å². The highest BCUT2D eigenvalue weighted by Crippen LogP contribution is 2.31. The number of amides is 2. The molecule has 1 fully saturated rings. The normalized spacial score (nSPS) is 13.9. The monoisotopic (exact) mass is 530 g/mol. The molecule has 2 amide bonds. The Hall–Kier alpha value is -4.50. The maximum absolute atomic E-state index is 12.9. The van der Waals surface area contributed by atoms with E-state index in [1.54, 1.807) is 29.2 Å². The first kappa shape index (κ1) is 25.2. The fraction of sp³-hybridized carbons (Fsp3) is 0.179. The zero-order valence-corrected chi connectivity index (χ0v) is 20.9. The number of nitrogens with one attached hydrogen (secondary N) is 1. The van der Waals surface area contributed by atoms with E-state index in [0.29, 0.717) is 29.4 Å². The number of rotatable bonds is 5. The first-order valence-electron chi connectivity index (χ1n) is 12.0. The Labute approximate surface area is 222 Å². The summed E-state index contributed by atoms with van der Waals surface area (Å²) in [5.41, 5.74) is 2.65. The fourth-order valence-corrected chi connectivity index (χ4v) is 4.85. The van der Waals surface area contributed by atoms with Gasteiger partial charge in [0.2, 0.25) is 0 Å². The molecule has 5 rings (SSSR count). The Balaban J connectivity index is 1.19. The lowest BCUT2D eigenvalue weighted by Gasteiger charge is -2.32. The Morgan fingerprint density at radius 1 is 1.00 bits per heavy atom. The summed E-state index contributed by atoms with van der Waals surface area (Å²) in [6, 6.07) is 18.4. The Morgan fingerprint density at radius 2 is 1.74 bits per heavy atom. The van der Waals surface area contributed by atoms with Gasteiger partial charge in [-0.05, 0) is 72.9 Å². The smallest absolute Gasteiger partial charge is 0.311 e. The van der Waals surface area contributed by atoms with Crippen LogP contribution in [0, 0.1) is 10.1 Å². The second kappa shape index (κ2) is 10.5. The van der Waals surface area contributed by atoms with Crippen molar-refractivity contribution in [2.24, 2.45) is 0 Å². The summed E-state index contributed by atoms with van der Waals surface area (Å²) in [6.07, 6.45) is 3.01. The predicted molar refractivity (Wildman–Crippen MR) is 144 cm³/mol. The molecule has 192 valence electrons. The van der Waals surface area contributed by atoms with Crippen LogP contribution in [0.15, 0.2) is 72.9 Å². The molecule has 1 aromatic heterocycles. The average molecular weight is 531 g/mol. The fourth-order valence-electron chi connectivity index (χ4n) is 4.67. The number of carbonyl (C=O) groups is 2. The minimum absolute atomic E-state index is 0.178. The van der Waals surface area contributed by atoms with Crippen LogP contribution in [0.4, 0.5) is 11.4 Å². The van der Waals surface area contributed by atoms with Crippen LogP contribution in [-0.2, 0) is 0 Å². The van der Waals surface area contributed by atoms with Crippen molar-refractivity contribution in [1.82, 2.24) is 9.88 Å². The van der Waals surface area contributed by atoms with Crippen molar-refractivity contribution in [2.45, 2.75) is 18.8 Å². The summed E-state index contributed by atoms with van der Waals surface area (Å²) in [7, 11) is 0. The highest BCUT2D eigenvalue weighted by molar-refractivity contribution is 6.31. The maximum Gasteiger partial charge on any atom is 0.311 e. The molecule has 0 saturated carbocycles. The number of nitrogens with zero attached hydrogens (tertiary/aromatic N) is 3. The van der Waals surface area contributed by atoms with E-state index in [0.717, 1.165) is 35.4 Å². The largest absolute Gasteiger partial charge is 0.502 e. The first-order valence-corrected chi connectivity index (χ1v) is 12.4. The van der Waals surface area contributed by atoms with E-state index in [-0.39, 0.29) is 23.3 Å². The number of anilines is 1. The molecule has 4 aromatic rings. The molecule has 9 nitrogen and oxygen atoms in total. The number of pyridine rings is 1. The second-order valence-corrected chi connectivity index (χ2v) is 9.60. The summed E-state index contributed by atoms with van der Waals surface area (Å²) in [5, 5.41) is 25.0. The van der Waals surface area contributed by atoms with Crippen LogP contribution in [-0.4, -0.2) is 44.8 Å². The highest BCUT2D eigenvalue weighted by Gasteiger charge is 2.26. The highest BCUT2D eigenvalue weighted by atomic mass is 35.5. The third-order valence-electron chi connectivity index (χ3n) is 6.75. The van der Waals surface area contributed by atoms with Crippen molar-refractivity contribution in [3.63, 3.8) is 0 Å². The van der Waals surface area contributed by atoms with E-state index in [2.05, 4.69) is 10.3 Å². The standard InChI is InChI=1S/C28H23ClN4O5/c29-22-4-7-24-20(14-22)13-21(16-30-24)27(35)31-23-5-1-17(2-6-23)18-9-11-32(12-10-18)28(36)19-3-8-26(34)25(15-19)33(37)38/h1-8,13-16,18,34H,9-12H2,(H,31,35). The molecule has 1 saturated heterocycles. The van der Waals surface area contributed by atoms with E-state index in [1.165, 1.54) is 18.3 Å². The van der Waals surface area contributed by atoms with Gasteiger partial charge < -0.3 is 15.3 Å². The van der Waals surface area contributed by atoms with Crippen LogP contribution < -0.4 is 5.32 Å². The number of nitro benzene ring substituents is 1. The Bertz CT molecular complexity index is 1550. The third kappa shape index (κ3) is 5.28. The van der Waals surface area contributed by atoms with Gasteiger partial charge >= 0.3 is 5.69 Å². The summed E-state index contributed by atoms with van der Waals surface area (Å²) < 4.78 is 0. The van der Waals surface area contributed by atoms with Gasteiger partial charge in [0.15, 0.2) is 5.75 Å². The SMILES string of the molecule is O=C(Nc1ccc(C2CCN(C(=O)c3ccc(O)c([N+](=O)[O-])c3)CC2)cc1)c1cnc2ccc(Cl)cc2c1. The Kier molecular flexibility index (Phi) is 6.93.